The molecular weight excluding hydrogens is 310 g/mol. The van der Waals surface area contributed by atoms with Crippen molar-refractivity contribution in [2.45, 2.75) is 44.6 Å². The van der Waals surface area contributed by atoms with Gasteiger partial charge in [-0.25, -0.2) is 0 Å². The Morgan fingerprint density at radius 3 is 2.32 bits per heavy atom. The second kappa shape index (κ2) is 7.83. The number of rotatable bonds is 5. The Balaban J connectivity index is 1.80. The van der Waals surface area contributed by atoms with Crippen LogP contribution in [0.3, 0.4) is 0 Å². The Morgan fingerprint density at radius 1 is 1.08 bits per heavy atom. The van der Waals surface area contributed by atoms with Crippen molar-refractivity contribution < 1.29 is 9.53 Å². The first-order chi connectivity index (χ1) is 12.2. The van der Waals surface area contributed by atoms with Gasteiger partial charge in [-0.15, -0.1) is 0 Å². The molecule has 3 nitrogen and oxygen atoms in total. The highest BCUT2D eigenvalue weighted by Crippen LogP contribution is 2.35. The van der Waals surface area contributed by atoms with E-state index >= 15 is 0 Å². The number of nitrogens with one attached hydrogen (secondary N) is 1. The van der Waals surface area contributed by atoms with Crippen molar-refractivity contribution in [2.75, 3.05) is 13.2 Å². The minimum atomic E-state index is -0.489. The van der Waals surface area contributed by atoms with Gasteiger partial charge in [0.05, 0.1) is 11.5 Å². The van der Waals surface area contributed by atoms with Gasteiger partial charge in [-0.1, -0.05) is 61.5 Å². The summed E-state index contributed by atoms with van der Waals surface area (Å²) in [7, 11) is 0. The molecule has 0 aliphatic carbocycles. The molecule has 1 heterocycles. The van der Waals surface area contributed by atoms with Crippen molar-refractivity contribution in [3.63, 3.8) is 0 Å². The maximum absolute atomic E-state index is 13.3. The van der Waals surface area contributed by atoms with E-state index in [1.54, 1.807) is 0 Å². The number of carbonyl (C=O) groups excluding carboxylic acids is 1. The molecule has 1 aliphatic rings. The number of ether oxygens (including phenoxy) is 1. The van der Waals surface area contributed by atoms with Gasteiger partial charge in [0.1, 0.15) is 0 Å². The van der Waals surface area contributed by atoms with Crippen molar-refractivity contribution in [3.05, 3.63) is 71.3 Å². The number of aryl methyl sites for hydroxylation is 1. The fourth-order valence-corrected chi connectivity index (χ4v) is 3.58. The summed E-state index contributed by atoms with van der Waals surface area (Å²) in [5.41, 5.74) is 3.05. The third-order valence-corrected chi connectivity index (χ3v) is 5.34. The standard InChI is InChI=1S/C22H27NO2/c1-3-18-9-11-19(12-10-18)17(2)23-21(24)22(13-15-25-16-14-22)20-7-5-4-6-8-20/h4-12,17H,3,13-16H2,1-2H3,(H,23,24)/t17-/m0/s1. The van der Waals surface area contributed by atoms with Crippen LogP contribution in [-0.2, 0) is 21.4 Å². The van der Waals surface area contributed by atoms with Gasteiger partial charge < -0.3 is 10.1 Å². The van der Waals surface area contributed by atoms with Crippen molar-refractivity contribution in [2.24, 2.45) is 0 Å². The van der Waals surface area contributed by atoms with Crippen LogP contribution in [0.25, 0.3) is 0 Å². The maximum atomic E-state index is 13.3. The topological polar surface area (TPSA) is 38.3 Å². The molecule has 0 unspecified atom stereocenters. The molecule has 2 aromatic rings. The lowest BCUT2D eigenvalue weighted by molar-refractivity contribution is -0.131. The van der Waals surface area contributed by atoms with E-state index in [-0.39, 0.29) is 11.9 Å². The van der Waals surface area contributed by atoms with Crippen LogP contribution in [0.15, 0.2) is 54.6 Å². The van der Waals surface area contributed by atoms with E-state index in [1.165, 1.54) is 5.56 Å². The van der Waals surface area contributed by atoms with Crippen LogP contribution >= 0.6 is 0 Å². The second-order valence-corrected chi connectivity index (χ2v) is 6.85. The van der Waals surface area contributed by atoms with Crippen LogP contribution < -0.4 is 5.32 Å². The molecule has 0 saturated carbocycles. The molecule has 1 N–H and O–H groups in total. The molecule has 25 heavy (non-hydrogen) atoms. The highest BCUT2D eigenvalue weighted by Gasteiger charge is 2.42. The summed E-state index contributed by atoms with van der Waals surface area (Å²) in [6.07, 6.45) is 2.48. The van der Waals surface area contributed by atoms with E-state index in [0.717, 1.165) is 30.4 Å². The molecule has 0 spiro atoms. The predicted octanol–water partition coefficient (Wildman–Crippen LogP) is 4.17. The summed E-state index contributed by atoms with van der Waals surface area (Å²) in [5.74, 6) is 0.106. The molecule has 1 aliphatic heterocycles. The van der Waals surface area contributed by atoms with Crippen LogP contribution in [0, 0.1) is 0 Å². The number of hydrogen-bond acceptors (Lipinski definition) is 2. The first kappa shape index (κ1) is 17.7. The third kappa shape index (κ3) is 3.77. The number of benzene rings is 2. The summed E-state index contributed by atoms with van der Waals surface area (Å²) in [4.78, 5) is 13.3. The molecule has 0 bridgehead atoms. The minimum Gasteiger partial charge on any atom is -0.381 e. The first-order valence-corrected chi connectivity index (χ1v) is 9.19. The monoisotopic (exact) mass is 337 g/mol. The molecule has 1 saturated heterocycles. The van der Waals surface area contributed by atoms with E-state index in [0.29, 0.717) is 13.2 Å². The highest BCUT2D eigenvalue weighted by atomic mass is 16.5. The van der Waals surface area contributed by atoms with Gasteiger partial charge >= 0.3 is 0 Å². The maximum Gasteiger partial charge on any atom is 0.231 e. The summed E-state index contributed by atoms with van der Waals surface area (Å²) < 4.78 is 5.53. The normalized spacial score (nSPS) is 17.7. The quantitative estimate of drug-likeness (QED) is 0.889. The largest absolute Gasteiger partial charge is 0.381 e. The zero-order valence-electron chi connectivity index (χ0n) is 15.1. The lowest BCUT2D eigenvalue weighted by atomic mass is 9.73. The molecule has 1 amide bonds. The smallest absolute Gasteiger partial charge is 0.231 e. The third-order valence-electron chi connectivity index (χ3n) is 5.34. The fraction of sp³-hybridized carbons (Fsp3) is 0.409. The van der Waals surface area contributed by atoms with Crippen LogP contribution in [-0.4, -0.2) is 19.1 Å². The van der Waals surface area contributed by atoms with E-state index in [2.05, 4.69) is 55.6 Å². The Morgan fingerprint density at radius 2 is 1.72 bits per heavy atom. The number of hydrogen-bond donors (Lipinski definition) is 1. The summed E-state index contributed by atoms with van der Waals surface area (Å²) in [6.45, 7) is 5.45. The highest BCUT2D eigenvalue weighted by molar-refractivity contribution is 5.88. The van der Waals surface area contributed by atoms with Crippen molar-refractivity contribution in [3.8, 4) is 0 Å². The van der Waals surface area contributed by atoms with Crippen LogP contribution in [0.5, 0.6) is 0 Å². The molecule has 3 rings (SSSR count). The van der Waals surface area contributed by atoms with E-state index in [1.807, 2.05) is 18.2 Å². The van der Waals surface area contributed by atoms with Crippen molar-refractivity contribution in [1.82, 2.24) is 5.32 Å². The lowest BCUT2D eigenvalue weighted by Crippen LogP contribution is -2.48. The molecule has 1 fully saturated rings. The molecule has 3 heteroatoms. The van der Waals surface area contributed by atoms with Gasteiger partial charge in [0.2, 0.25) is 5.91 Å². The van der Waals surface area contributed by atoms with Gasteiger partial charge in [0, 0.05) is 13.2 Å². The van der Waals surface area contributed by atoms with Crippen LogP contribution in [0.2, 0.25) is 0 Å². The summed E-state index contributed by atoms with van der Waals surface area (Å²) >= 11 is 0. The molecule has 1 atom stereocenters. The zero-order valence-corrected chi connectivity index (χ0v) is 15.1. The first-order valence-electron chi connectivity index (χ1n) is 9.19. The van der Waals surface area contributed by atoms with Crippen molar-refractivity contribution >= 4 is 5.91 Å². The average Bonchev–Trinajstić information content (AvgIpc) is 2.69. The van der Waals surface area contributed by atoms with Crippen LogP contribution in [0.1, 0.15) is 49.4 Å². The Kier molecular flexibility index (Phi) is 5.54. The molecule has 2 aromatic carbocycles. The fourth-order valence-electron chi connectivity index (χ4n) is 3.58. The SMILES string of the molecule is CCc1ccc([C@H](C)NC(=O)C2(c3ccccc3)CCOCC2)cc1. The summed E-state index contributed by atoms with van der Waals surface area (Å²) in [6, 6.07) is 18.6. The van der Waals surface area contributed by atoms with E-state index in [9.17, 15) is 4.79 Å². The van der Waals surface area contributed by atoms with Gasteiger partial charge in [0.15, 0.2) is 0 Å². The van der Waals surface area contributed by atoms with Crippen molar-refractivity contribution in [1.29, 1.82) is 0 Å². The predicted molar refractivity (Wildman–Crippen MR) is 101 cm³/mol. The van der Waals surface area contributed by atoms with Gasteiger partial charge in [-0.2, -0.15) is 0 Å². The molecule has 0 aromatic heterocycles. The number of amides is 1. The molecule has 132 valence electrons. The lowest BCUT2D eigenvalue weighted by Gasteiger charge is -2.37. The second-order valence-electron chi connectivity index (χ2n) is 6.85. The Labute approximate surface area is 150 Å². The number of carbonyl (C=O) groups is 1. The van der Waals surface area contributed by atoms with Gasteiger partial charge in [-0.05, 0) is 42.9 Å². The van der Waals surface area contributed by atoms with Gasteiger partial charge in [-0.3, -0.25) is 4.79 Å². The zero-order chi connectivity index (χ0) is 17.7. The van der Waals surface area contributed by atoms with Crippen LogP contribution in [0.4, 0.5) is 0 Å². The minimum absolute atomic E-state index is 0.0122. The van der Waals surface area contributed by atoms with E-state index in [4.69, 9.17) is 4.74 Å². The van der Waals surface area contributed by atoms with Gasteiger partial charge in [0.25, 0.3) is 0 Å². The average molecular weight is 337 g/mol. The molecular formula is C22H27NO2. The summed E-state index contributed by atoms with van der Waals surface area (Å²) in [5, 5.41) is 3.25. The Hall–Kier alpha value is -2.13. The molecule has 0 radical (unpaired) electrons. The van der Waals surface area contributed by atoms with E-state index < -0.39 is 5.41 Å². The Bertz CT molecular complexity index is 688.